The summed E-state index contributed by atoms with van der Waals surface area (Å²) in [5.74, 6) is -1.12. The van der Waals surface area contributed by atoms with Gasteiger partial charge in [-0.1, -0.05) is 95.1 Å². The van der Waals surface area contributed by atoms with E-state index in [1.807, 2.05) is 30.5 Å². The van der Waals surface area contributed by atoms with Gasteiger partial charge in [-0.3, -0.25) is 4.79 Å². The predicted octanol–water partition coefficient (Wildman–Crippen LogP) is 7.54. The fourth-order valence-electron chi connectivity index (χ4n) is 4.38. The second kappa shape index (κ2) is 18.0. The Kier molecular flexibility index (Phi) is 14.8. The highest BCUT2D eigenvalue weighted by atomic mass is 16.6. The van der Waals surface area contributed by atoms with Gasteiger partial charge in [0.05, 0.1) is 0 Å². The smallest absolute Gasteiger partial charge is 0.330 e. The SMILES string of the molecule is CCCCCCCCC/C=C\CCCCCCCC(=O)OC(=O)[C@@H](N)Cc1c[nH]c2ccccc12. The first-order valence-corrected chi connectivity index (χ1v) is 13.8. The van der Waals surface area contributed by atoms with Crippen molar-refractivity contribution in [3.05, 3.63) is 48.2 Å². The van der Waals surface area contributed by atoms with Gasteiger partial charge in [-0.2, -0.15) is 0 Å². The Morgan fingerprint density at radius 3 is 2.17 bits per heavy atom. The quantitative estimate of drug-likeness (QED) is 0.0937. The van der Waals surface area contributed by atoms with Crippen LogP contribution in [0.1, 0.15) is 109 Å². The number of rotatable bonds is 19. The number of benzene rings is 1. The Balaban J connectivity index is 1.44. The van der Waals surface area contributed by atoms with E-state index in [0.717, 1.165) is 42.1 Å². The number of hydrogen-bond acceptors (Lipinski definition) is 4. The largest absolute Gasteiger partial charge is 0.392 e. The number of nitrogens with two attached hydrogens (primary N) is 1. The summed E-state index contributed by atoms with van der Waals surface area (Å²) in [5, 5.41) is 1.03. The van der Waals surface area contributed by atoms with Crippen molar-refractivity contribution >= 4 is 22.8 Å². The van der Waals surface area contributed by atoms with Crippen LogP contribution in [0.5, 0.6) is 0 Å². The van der Waals surface area contributed by atoms with Crippen molar-refractivity contribution in [1.29, 1.82) is 0 Å². The number of carbonyl (C=O) groups excluding carboxylic acids is 2. The van der Waals surface area contributed by atoms with Crippen molar-refractivity contribution in [2.75, 3.05) is 0 Å². The summed E-state index contributed by atoms with van der Waals surface area (Å²) < 4.78 is 4.98. The molecule has 35 heavy (non-hydrogen) atoms. The number of ether oxygens (including phenoxy) is 1. The summed E-state index contributed by atoms with van der Waals surface area (Å²) >= 11 is 0. The number of carbonyl (C=O) groups is 2. The molecular formula is C30H46N2O3. The van der Waals surface area contributed by atoms with Gasteiger partial charge in [-0.05, 0) is 43.7 Å². The molecule has 2 rings (SSSR count). The van der Waals surface area contributed by atoms with Crippen LogP contribution in [0, 0.1) is 0 Å². The summed E-state index contributed by atoms with van der Waals surface area (Å²) in [5.41, 5.74) is 7.94. The minimum absolute atomic E-state index is 0.268. The minimum atomic E-state index is -0.850. The number of para-hydroxylation sites is 1. The number of esters is 2. The molecule has 0 aliphatic heterocycles. The molecule has 1 aromatic heterocycles. The van der Waals surface area contributed by atoms with Gasteiger partial charge < -0.3 is 15.5 Å². The van der Waals surface area contributed by atoms with Crippen LogP contribution >= 0.6 is 0 Å². The van der Waals surface area contributed by atoms with E-state index in [9.17, 15) is 9.59 Å². The van der Waals surface area contributed by atoms with E-state index in [2.05, 4.69) is 24.1 Å². The lowest BCUT2D eigenvalue weighted by atomic mass is 10.1. The first kappa shape index (κ1) is 28.8. The molecule has 0 saturated carbocycles. The molecule has 1 atom stereocenters. The lowest BCUT2D eigenvalue weighted by Crippen LogP contribution is -2.35. The van der Waals surface area contributed by atoms with Gasteiger partial charge in [0, 0.05) is 29.9 Å². The standard InChI is InChI=1S/C30H46N2O3/c1-2-3-4-5-6-7-8-9-10-11-12-13-14-15-16-17-22-29(33)35-30(34)27(31)23-25-24-32-28-21-19-18-20-26(25)28/h10-11,18-21,24,27,32H,2-9,12-17,22-23,31H2,1H3/b11-10-/t27-/m0/s1. The Morgan fingerprint density at radius 1 is 0.886 bits per heavy atom. The van der Waals surface area contributed by atoms with E-state index < -0.39 is 18.0 Å². The molecule has 0 saturated heterocycles. The van der Waals surface area contributed by atoms with E-state index in [1.54, 1.807) is 0 Å². The van der Waals surface area contributed by atoms with Gasteiger partial charge in [-0.15, -0.1) is 0 Å². The first-order valence-electron chi connectivity index (χ1n) is 13.8. The van der Waals surface area contributed by atoms with Crippen LogP contribution in [-0.2, 0) is 20.7 Å². The van der Waals surface area contributed by atoms with E-state index in [0.29, 0.717) is 6.42 Å². The maximum absolute atomic E-state index is 12.2. The third-order valence-corrected chi connectivity index (χ3v) is 6.52. The number of H-pyrrole nitrogens is 1. The molecule has 1 aromatic carbocycles. The van der Waals surface area contributed by atoms with Crippen molar-refractivity contribution in [3.8, 4) is 0 Å². The Morgan fingerprint density at radius 2 is 1.49 bits per heavy atom. The fraction of sp³-hybridized carbons (Fsp3) is 0.600. The van der Waals surface area contributed by atoms with E-state index in [1.165, 1.54) is 64.2 Å². The number of aromatic nitrogens is 1. The first-order chi connectivity index (χ1) is 17.1. The molecule has 1 heterocycles. The fourth-order valence-corrected chi connectivity index (χ4v) is 4.38. The number of fused-ring (bicyclic) bond motifs is 1. The van der Waals surface area contributed by atoms with E-state index in [4.69, 9.17) is 10.5 Å². The molecule has 0 fully saturated rings. The lowest BCUT2D eigenvalue weighted by Gasteiger charge is -2.10. The van der Waals surface area contributed by atoms with Gasteiger partial charge in [0.1, 0.15) is 6.04 Å². The van der Waals surface area contributed by atoms with Gasteiger partial charge in [-0.25, -0.2) is 4.79 Å². The highest BCUT2D eigenvalue weighted by Gasteiger charge is 2.20. The second-order valence-electron chi connectivity index (χ2n) is 9.65. The number of unbranched alkanes of at least 4 members (excludes halogenated alkanes) is 12. The molecule has 2 aromatic rings. The molecule has 0 bridgehead atoms. The normalized spacial score (nSPS) is 12.4. The Labute approximate surface area is 211 Å². The molecule has 0 radical (unpaired) electrons. The summed E-state index contributed by atoms with van der Waals surface area (Å²) in [4.78, 5) is 27.4. The predicted molar refractivity (Wildman–Crippen MR) is 145 cm³/mol. The molecule has 194 valence electrons. The number of aromatic amines is 1. The number of nitrogens with one attached hydrogen (secondary N) is 1. The van der Waals surface area contributed by atoms with Gasteiger partial charge in [0.25, 0.3) is 0 Å². The zero-order valence-corrected chi connectivity index (χ0v) is 21.7. The van der Waals surface area contributed by atoms with Crippen molar-refractivity contribution in [3.63, 3.8) is 0 Å². The van der Waals surface area contributed by atoms with E-state index in [-0.39, 0.29) is 6.42 Å². The molecule has 0 unspecified atom stereocenters. The summed E-state index contributed by atoms with van der Waals surface area (Å²) in [7, 11) is 0. The topological polar surface area (TPSA) is 85.2 Å². The maximum atomic E-state index is 12.2. The van der Waals surface area contributed by atoms with Gasteiger partial charge in [0.15, 0.2) is 0 Å². The molecule has 0 amide bonds. The highest BCUT2D eigenvalue weighted by molar-refractivity contribution is 5.89. The molecule has 0 aliphatic carbocycles. The van der Waals surface area contributed by atoms with Crippen LogP contribution in [0.2, 0.25) is 0 Å². The minimum Gasteiger partial charge on any atom is -0.392 e. The van der Waals surface area contributed by atoms with Crippen LogP contribution in [0.15, 0.2) is 42.6 Å². The number of allylic oxidation sites excluding steroid dienone is 2. The number of hydrogen-bond donors (Lipinski definition) is 2. The van der Waals surface area contributed by atoms with Gasteiger partial charge in [0.2, 0.25) is 0 Å². The Hall–Kier alpha value is -2.40. The van der Waals surface area contributed by atoms with Crippen molar-refractivity contribution in [2.45, 2.75) is 116 Å². The summed E-state index contributed by atoms with van der Waals surface area (Å²) in [6.45, 7) is 2.26. The highest BCUT2D eigenvalue weighted by Crippen LogP contribution is 2.19. The second-order valence-corrected chi connectivity index (χ2v) is 9.65. The zero-order chi connectivity index (χ0) is 25.1. The summed E-state index contributed by atoms with van der Waals surface area (Å²) in [6, 6.07) is 7.00. The molecule has 5 heteroatoms. The molecule has 0 spiro atoms. The lowest BCUT2D eigenvalue weighted by molar-refractivity contribution is -0.160. The maximum Gasteiger partial charge on any atom is 0.330 e. The van der Waals surface area contributed by atoms with Crippen molar-refractivity contribution in [2.24, 2.45) is 5.73 Å². The van der Waals surface area contributed by atoms with Crippen molar-refractivity contribution < 1.29 is 14.3 Å². The molecule has 3 N–H and O–H groups in total. The van der Waals surface area contributed by atoms with Crippen LogP contribution < -0.4 is 5.73 Å². The van der Waals surface area contributed by atoms with Crippen LogP contribution in [0.4, 0.5) is 0 Å². The van der Waals surface area contributed by atoms with Gasteiger partial charge >= 0.3 is 11.9 Å². The summed E-state index contributed by atoms with van der Waals surface area (Å²) in [6.07, 6.45) is 24.2. The Bertz CT molecular complexity index is 887. The third-order valence-electron chi connectivity index (χ3n) is 6.52. The third kappa shape index (κ3) is 12.2. The van der Waals surface area contributed by atoms with Crippen LogP contribution in [-0.4, -0.2) is 23.0 Å². The molecular weight excluding hydrogens is 436 g/mol. The van der Waals surface area contributed by atoms with Crippen LogP contribution in [0.25, 0.3) is 10.9 Å². The average molecular weight is 483 g/mol. The average Bonchev–Trinajstić information content (AvgIpc) is 3.26. The zero-order valence-electron chi connectivity index (χ0n) is 21.7. The molecule has 5 nitrogen and oxygen atoms in total. The molecule has 0 aliphatic rings. The van der Waals surface area contributed by atoms with E-state index >= 15 is 0 Å². The van der Waals surface area contributed by atoms with Crippen LogP contribution in [0.3, 0.4) is 0 Å². The monoisotopic (exact) mass is 482 g/mol. The van der Waals surface area contributed by atoms with Crippen molar-refractivity contribution in [1.82, 2.24) is 4.98 Å².